The number of carbonyl (C=O) groups is 1. The number of aromatic nitrogens is 4. The smallest absolute Gasteiger partial charge is 0.338 e. The number of aromatic carboxylic acids is 1. The van der Waals surface area contributed by atoms with Crippen LogP contribution in [0.1, 0.15) is 21.7 Å². The first kappa shape index (κ1) is 31.3. The number of thiophene rings is 1. The van der Waals surface area contributed by atoms with Crippen LogP contribution in [0.3, 0.4) is 0 Å². The molecule has 5 aromatic rings. The molecule has 1 aliphatic heterocycles. The second kappa shape index (κ2) is 13.0. The number of nitriles is 1. The molecule has 5 heterocycles. The van der Waals surface area contributed by atoms with Crippen molar-refractivity contribution < 1.29 is 23.4 Å². The molecule has 0 unspecified atom stereocenters. The molecule has 0 saturated carbocycles. The Kier molecular flexibility index (Phi) is 8.81. The molecule has 1 fully saturated rings. The van der Waals surface area contributed by atoms with Crippen LogP contribution >= 0.6 is 22.9 Å². The minimum atomic E-state index is -2.43. The molecule has 46 heavy (non-hydrogen) atoms. The van der Waals surface area contributed by atoms with Crippen LogP contribution in [-0.2, 0) is 6.54 Å². The third-order valence-electron chi connectivity index (χ3n) is 7.84. The van der Waals surface area contributed by atoms with E-state index in [2.05, 4.69) is 21.0 Å². The number of nitrogens with zero attached hydrogens (tertiary/aromatic N) is 7. The van der Waals surface area contributed by atoms with Crippen LogP contribution in [0, 0.1) is 18.3 Å². The Labute approximate surface area is 269 Å². The molecule has 15 heteroatoms. The molecule has 1 saturated heterocycles. The van der Waals surface area contributed by atoms with Crippen LogP contribution < -0.4 is 15.2 Å². The summed E-state index contributed by atoms with van der Waals surface area (Å²) in [5.74, 6) is 0.133. The van der Waals surface area contributed by atoms with Gasteiger partial charge in [-0.15, -0.1) is 11.3 Å². The molecular formula is C31H26ClF2N7O4S. The molecular weight excluding hydrogens is 640 g/mol. The quantitative estimate of drug-likeness (QED) is 0.227. The van der Waals surface area contributed by atoms with Gasteiger partial charge in [-0.3, -0.25) is 19.2 Å². The summed E-state index contributed by atoms with van der Waals surface area (Å²) in [7, 11) is 0. The number of benzene rings is 1. The number of hydrogen-bond donors (Lipinski definition) is 1. The topological polar surface area (TPSA) is 137 Å². The molecule has 236 valence electrons. The standard InChI is InChI=1S/C31H26ClF2N7O4S/c1-17-38-23-14-37-29(40-8-6-39(7-9-40)15-25(33)34)21(13-35)26(23)30(42)41(17)10-11-45-24-3-2-18(32)12-20(24)19-4-5-36-27-22(31(43)44)16-46-28(19)27/h2-5,12,14,16,25H,6-11,15H2,1H3,(H,43,44). The molecule has 0 aliphatic carbocycles. The fourth-order valence-corrected chi connectivity index (χ4v) is 6.84. The average Bonchev–Trinajstić information content (AvgIpc) is 3.48. The highest BCUT2D eigenvalue weighted by Gasteiger charge is 2.25. The molecule has 1 N–H and O–H groups in total. The van der Waals surface area contributed by atoms with Gasteiger partial charge in [0, 0.05) is 53.9 Å². The number of pyridine rings is 2. The van der Waals surface area contributed by atoms with Crippen molar-refractivity contribution in [3.05, 3.63) is 74.4 Å². The summed E-state index contributed by atoms with van der Waals surface area (Å²) < 4.78 is 33.9. The summed E-state index contributed by atoms with van der Waals surface area (Å²) in [4.78, 5) is 42.2. The number of alkyl halides is 2. The zero-order valence-electron chi connectivity index (χ0n) is 24.4. The lowest BCUT2D eigenvalue weighted by molar-refractivity contribution is 0.0699. The minimum absolute atomic E-state index is 0.0630. The van der Waals surface area contributed by atoms with Gasteiger partial charge in [-0.25, -0.2) is 23.5 Å². The van der Waals surface area contributed by atoms with Crippen LogP contribution in [0.25, 0.3) is 32.2 Å². The van der Waals surface area contributed by atoms with Crippen molar-refractivity contribution in [2.24, 2.45) is 0 Å². The SMILES string of the molecule is Cc1nc2cnc(N3CCN(CC(F)F)CC3)c(C#N)c2c(=O)n1CCOc1ccc(Cl)cc1-c1ccnc2c(C(=O)O)csc12. The van der Waals surface area contributed by atoms with Crippen molar-refractivity contribution in [2.45, 2.75) is 19.9 Å². The number of aryl methyl sites for hydroxylation is 1. The third-order valence-corrected chi connectivity index (χ3v) is 9.08. The van der Waals surface area contributed by atoms with Gasteiger partial charge in [-0.05, 0) is 31.2 Å². The molecule has 4 aromatic heterocycles. The monoisotopic (exact) mass is 665 g/mol. The second-order valence-corrected chi connectivity index (χ2v) is 11.9. The highest BCUT2D eigenvalue weighted by atomic mass is 35.5. The van der Waals surface area contributed by atoms with Gasteiger partial charge in [0.15, 0.2) is 0 Å². The van der Waals surface area contributed by atoms with E-state index in [0.717, 1.165) is 0 Å². The van der Waals surface area contributed by atoms with Crippen LogP contribution in [0.15, 0.2) is 46.8 Å². The molecule has 1 aliphatic rings. The summed E-state index contributed by atoms with van der Waals surface area (Å²) in [6, 6.07) is 8.99. The fourth-order valence-electron chi connectivity index (χ4n) is 5.64. The van der Waals surface area contributed by atoms with Crippen LogP contribution in [-0.4, -0.2) is 81.3 Å². The normalized spacial score (nSPS) is 13.9. The van der Waals surface area contributed by atoms with E-state index in [9.17, 15) is 28.7 Å². The predicted octanol–water partition coefficient (Wildman–Crippen LogP) is 5.07. The average molecular weight is 666 g/mol. The van der Waals surface area contributed by atoms with Crippen LogP contribution in [0.5, 0.6) is 5.75 Å². The molecule has 0 bridgehead atoms. The molecule has 11 nitrogen and oxygen atoms in total. The number of carboxylic acid groups (broad SMARTS) is 1. The van der Waals surface area contributed by atoms with E-state index >= 15 is 0 Å². The fraction of sp³-hybridized carbons (Fsp3) is 0.290. The predicted molar refractivity (Wildman–Crippen MR) is 170 cm³/mol. The van der Waals surface area contributed by atoms with E-state index in [0.29, 0.717) is 69.9 Å². The summed E-state index contributed by atoms with van der Waals surface area (Å²) in [5.41, 5.74) is 1.76. The maximum atomic E-state index is 13.8. The zero-order chi connectivity index (χ0) is 32.5. The van der Waals surface area contributed by atoms with Crippen molar-refractivity contribution in [2.75, 3.05) is 44.2 Å². The van der Waals surface area contributed by atoms with Crippen LogP contribution in [0.2, 0.25) is 5.02 Å². The lowest BCUT2D eigenvalue weighted by Crippen LogP contribution is -2.48. The number of anilines is 1. The Morgan fingerprint density at radius 1 is 1.20 bits per heavy atom. The molecule has 0 atom stereocenters. The van der Waals surface area contributed by atoms with Gasteiger partial charge in [0.05, 0.1) is 46.0 Å². The largest absolute Gasteiger partial charge is 0.491 e. The van der Waals surface area contributed by atoms with Crippen molar-refractivity contribution in [1.82, 2.24) is 24.4 Å². The lowest BCUT2D eigenvalue weighted by atomic mass is 10.0. The summed E-state index contributed by atoms with van der Waals surface area (Å²) >= 11 is 7.60. The number of hydrogen-bond acceptors (Lipinski definition) is 10. The number of piperazine rings is 1. The Hall–Kier alpha value is -4.71. The third kappa shape index (κ3) is 5.96. The first-order chi connectivity index (χ1) is 22.2. The Bertz CT molecular complexity index is 2070. The van der Waals surface area contributed by atoms with E-state index in [1.165, 1.54) is 28.3 Å². The first-order valence-corrected chi connectivity index (χ1v) is 15.5. The van der Waals surface area contributed by atoms with E-state index in [4.69, 9.17) is 16.3 Å². The van der Waals surface area contributed by atoms with Crippen molar-refractivity contribution >= 4 is 55.8 Å². The zero-order valence-corrected chi connectivity index (χ0v) is 26.0. The van der Waals surface area contributed by atoms with E-state index in [1.807, 2.05) is 4.90 Å². The Morgan fingerprint density at radius 2 is 1.98 bits per heavy atom. The number of carboxylic acids is 1. The summed E-state index contributed by atoms with van der Waals surface area (Å²) in [5, 5.41) is 21.8. The Morgan fingerprint density at radius 3 is 2.70 bits per heavy atom. The molecule has 1 aromatic carbocycles. The number of halogens is 3. The van der Waals surface area contributed by atoms with Crippen LogP contribution in [0.4, 0.5) is 14.6 Å². The molecule has 0 amide bonds. The number of ether oxygens (including phenoxy) is 1. The van der Waals surface area contributed by atoms with Crippen molar-refractivity contribution in [3.63, 3.8) is 0 Å². The summed E-state index contributed by atoms with van der Waals surface area (Å²) in [6.07, 6.45) is 0.564. The molecule has 0 radical (unpaired) electrons. The van der Waals surface area contributed by atoms with Crippen molar-refractivity contribution in [1.29, 1.82) is 5.26 Å². The van der Waals surface area contributed by atoms with Gasteiger partial charge >= 0.3 is 5.97 Å². The Balaban J connectivity index is 1.28. The van der Waals surface area contributed by atoms with Gasteiger partial charge in [0.2, 0.25) is 0 Å². The van der Waals surface area contributed by atoms with Gasteiger partial charge < -0.3 is 14.7 Å². The number of fused-ring (bicyclic) bond motifs is 2. The highest BCUT2D eigenvalue weighted by molar-refractivity contribution is 7.18. The van der Waals surface area contributed by atoms with E-state index in [1.54, 1.807) is 41.5 Å². The summed E-state index contributed by atoms with van der Waals surface area (Å²) in [6.45, 7) is 3.08. The maximum absolute atomic E-state index is 13.8. The van der Waals surface area contributed by atoms with E-state index < -0.39 is 18.0 Å². The maximum Gasteiger partial charge on any atom is 0.338 e. The van der Waals surface area contributed by atoms with Gasteiger partial charge in [-0.1, -0.05) is 11.6 Å². The second-order valence-electron chi connectivity index (χ2n) is 10.6. The number of rotatable bonds is 9. The van der Waals surface area contributed by atoms with Crippen molar-refractivity contribution in [3.8, 4) is 22.9 Å². The highest BCUT2D eigenvalue weighted by Crippen LogP contribution is 2.39. The lowest BCUT2D eigenvalue weighted by Gasteiger charge is -2.35. The first-order valence-electron chi connectivity index (χ1n) is 14.2. The van der Waals surface area contributed by atoms with E-state index in [-0.39, 0.29) is 41.7 Å². The minimum Gasteiger partial charge on any atom is -0.491 e. The molecule has 6 rings (SSSR count). The van der Waals surface area contributed by atoms with Gasteiger partial charge in [0.1, 0.15) is 35.6 Å². The van der Waals surface area contributed by atoms with Gasteiger partial charge in [-0.2, -0.15) is 5.26 Å². The molecule has 0 spiro atoms. The van der Waals surface area contributed by atoms with Gasteiger partial charge in [0.25, 0.3) is 12.0 Å².